The predicted molar refractivity (Wildman–Crippen MR) is 235 cm³/mol. The van der Waals surface area contributed by atoms with E-state index in [1.54, 1.807) is 27.7 Å². The zero-order chi connectivity index (χ0) is 49.8. The number of carbonyl (C=O) groups excluding carboxylic acids is 7. The average molecular weight is 977 g/mol. The number of ether oxygens (including phenoxy) is 1. The summed E-state index contributed by atoms with van der Waals surface area (Å²) >= 11 is 6.22. The van der Waals surface area contributed by atoms with Crippen LogP contribution in [0.15, 0.2) is 23.2 Å². The van der Waals surface area contributed by atoms with Crippen LogP contribution in [0.3, 0.4) is 0 Å². The van der Waals surface area contributed by atoms with Crippen LogP contribution < -0.4 is 32.7 Å². The molecule has 0 aliphatic carbocycles. The van der Waals surface area contributed by atoms with Gasteiger partial charge in [0.2, 0.25) is 29.5 Å². The van der Waals surface area contributed by atoms with E-state index in [0.717, 1.165) is 16.7 Å². The zero-order valence-electron chi connectivity index (χ0n) is 37.5. The van der Waals surface area contributed by atoms with Crippen molar-refractivity contribution in [3.8, 4) is 5.75 Å². The van der Waals surface area contributed by atoms with Crippen molar-refractivity contribution in [2.75, 3.05) is 20.2 Å². The first-order chi connectivity index (χ1) is 30.8. The molecule has 66 heavy (non-hydrogen) atoms. The number of esters is 1. The first kappa shape index (κ1) is 55.0. The number of aliphatic hydroxyl groups is 2. The molecule has 11 atom stereocenters. The molecule has 0 aromatic heterocycles. The molecule has 12 N–H and O–H groups in total. The lowest BCUT2D eigenvalue weighted by Gasteiger charge is -2.44. The van der Waals surface area contributed by atoms with E-state index in [9.17, 15) is 57.3 Å². The number of phenolic OH excluding ortho intramolecular Hbond substituents is 1. The van der Waals surface area contributed by atoms with Gasteiger partial charge in [0.05, 0.1) is 5.02 Å². The summed E-state index contributed by atoms with van der Waals surface area (Å²) in [5.74, 6) is -9.14. The van der Waals surface area contributed by atoms with Crippen LogP contribution in [0.4, 0.5) is 0 Å². The Bertz CT molecular complexity index is 2080. The number of hydrogen-bond acceptors (Lipinski definition) is 15. The van der Waals surface area contributed by atoms with Crippen molar-refractivity contribution in [2.45, 2.75) is 134 Å². The van der Waals surface area contributed by atoms with E-state index >= 15 is 0 Å². The van der Waals surface area contributed by atoms with E-state index in [1.807, 2.05) is 0 Å². The molecule has 3 rings (SSSR count). The Hall–Kier alpha value is -5.34. The molecule has 2 heterocycles. The Morgan fingerprint density at radius 1 is 1.02 bits per heavy atom. The molecule has 2 fully saturated rings. The normalized spacial score (nSPS) is 26.6. The fraction of sp³-hybridized carbons (Fsp3) is 0.650. The first-order valence-electron chi connectivity index (χ1n) is 21.3. The number of cyclic esters (lactones) is 1. The summed E-state index contributed by atoms with van der Waals surface area (Å²) in [4.78, 5) is 105. The molecule has 2 saturated heterocycles. The molecule has 1 aromatic carbocycles. The van der Waals surface area contributed by atoms with Crippen molar-refractivity contribution >= 4 is 69.4 Å². The van der Waals surface area contributed by atoms with E-state index in [2.05, 4.69) is 30.4 Å². The highest BCUT2D eigenvalue weighted by Crippen LogP contribution is 2.29. The monoisotopic (exact) mass is 975 g/mol. The van der Waals surface area contributed by atoms with Crippen molar-refractivity contribution < 1.29 is 70.8 Å². The number of likely N-dealkylation sites (N-methyl/N-ethyl adjacent to an activating group) is 1. The van der Waals surface area contributed by atoms with E-state index in [1.165, 1.54) is 25.2 Å². The maximum atomic E-state index is 14.8. The van der Waals surface area contributed by atoms with Crippen LogP contribution in [0.1, 0.15) is 78.7 Å². The summed E-state index contributed by atoms with van der Waals surface area (Å²) < 4.78 is 41.1. The van der Waals surface area contributed by atoms with Crippen molar-refractivity contribution in [1.29, 1.82) is 0 Å². The minimum Gasteiger partial charge on any atom is -0.506 e. The Kier molecular flexibility index (Phi) is 20.4. The van der Waals surface area contributed by atoms with Crippen LogP contribution in [0.5, 0.6) is 5.75 Å². The van der Waals surface area contributed by atoms with Crippen LogP contribution in [-0.2, 0) is 59.3 Å². The van der Waals surface area contributed by atoms with Gasteiger partial charge in [0.15, 0.2) is 12.1 Å². The van der Waals surface area contributed by atoms with Crippen molar-refractivity contribution in [2.24, 2.45) is 28.3 Å². The molecule has 1 aromatic rings. The minimum atomic E-state index is -5.14. The predicted octanol–water partition coefficient (Wildman–Crippen LogP) is -2.06. The van der Waals surface area contributed by atoms with Crippen LogP contribution in [-0.4, -0.2) is 160 Å². The van der Waals surface area contributed by atoms with Crippen LogP contribution in [0.2, 0.25) is 5.02 Å². The van der Waals surface area contributed by atoms with Gasteiger partial charge in [0.25, 0.3) is 5.91 Å². The number of carbonyl (C=O) groups is 7. The second-order valence-electron chi connectivity index (χ2n) is 16.4. The largest absolute Gasteiger partial charge is 0.506 e. The van der Waals surface area contributed by atoms with E-state index in [0.29, 0.717) is 12.0 Å². The number of nitrogens with zero attached hydrogens (tertiary/aromatic N) is 3. The van der Waals surface area contributed by atoms with Gasteiger partial charge in [-0.2, -0.15) is 8.42 Å². The number of aromatic hydroxyl groups is 1. The number of fused-ring (bicyclic) bond motifs is 2. The van der Waals surface area contributed by atoms with Crippen molar-refractivity contribution in [3.05, 3.63) is 28.8 Å². The Morgan fingerprint density at radius 2 is 1.67 bits per heavy atom. The second-order valence-corrected chi connectivity index (χ2v) is 17.9. The van der Waals surface area contributed by atoms with Gasteiger partial charge in [-0.3, -0.25) is 38.3 Å². The smallest absolute Gasteiger partial charge is 0.397 e. The van der Waals surface area contributed by atoms with E-state index in [-0.39, 0.29) is 61.8 Å². The van der Waals surface area contributed by atoms with Gasteiger partial charge < -0.3 is 62.6 Å². The standard InChI is InChI=1S/C40H62ClN9O15S/c1-7-19(3)30-39(60)65-21(5)31(48-35(56)28(52)18-64-66(61,62)63)36(57)45-24(10-9-15-44-40(42)43)33(54)46-25-12-14-29(53)50(37(25)58)32(20(4)8-2)38(59)49(6)26(34(55)47-30)17-22-11-13-27(51)23(41)16-22/h11,13,16,19-21,24-26,28-32,51-53H,7-10,12,14-15,17-18H2,1-6H3,(H,45,57)(H,46,54)(H,47,55)(H,48,56)(H4,42,43,44)(H,61,62,63)/t19?,20?,21-,24-,25?,26?,28?,29+,30-,31-,32-/m0/s1. The van der Waals surface area contributed by atoms with Gasteiger partial charge in [0.1, 0.15) is 60.9 Å². The molecule has 26 heteroatoms. The highest BCUT2D eigenvalue weighted by Gasteiger charge is 2.47. The van der Waals surface area contributed by atoms with Gasteiger partial charge in [-0.05, 0) is 62.1 Å². The topological polar surface area (TPSA) is 372 Å². The number of nitrogens with two attached hydrogens (primary N) is 2. The molecule has 0 saturated carbocycles. The summed E-state index contributed by atoms with van der Waals surface area (Å²) in [6.45, 7) is 6.53. The van der Waals surface area contributed by atoms with Gasteiger partial charge in [-0.1, -0.05) is 58.2 Å². The number of nitrogens with one attached hydrogen (secondary N) is 4. The summed E-state index contributed by atoms with van der Waals surface area (Å²) in [5.41, 5.74) is 11.3. The minimum absolute atomic E-state index is 0.0336. The van der Waals surface area contributed by atoms with E-state index in [4.69, 9.17) is 32.4 Å². The van der Waals surface area contributed by atoms with Crippen molar-refractivity contribution in [3.63, 3.8) is 0 Å². The number of benzene rings is 1. The summed E-state index contributed by atoms with van der Waals surface area (Å²) in [5, 5.41) is 41.7. The SMILES string of the molecule is CCC(C)[C@@H]1NC(=O)C(Cc2ccc(O)c(Cl)c2)N(C)C(=O)[C@H](C(C)CC)N2C(=O)C(CC[C@H]2O)NC(=O)[C@H](CCCN=C(N)N)NC(=O)[C@@H](NC(=O)C(O)COS(=O)(=O)O)[C@H](C)OC1=O. The third kappa shape index (κ3) is 15.1. The summed E-state index contributed by atoms with van der Waals surface area (Å²) in [7, 11) is -3.83. The Morgan fingerprint density at radius 3 is 2.26 bits per heavy atom. The Balaban J connectivity index is 2.26. The number of guanidine groups is 1. The van der Waals surface area contributed by atoms with Gasteiger partial charge in [-0.25, -0.2) is 8.98 Å². The number of aliphatic imine (C=N–C) groups is 1. The van der Waals surface area contributed by atoms with Gasteiger partial charge in [-0.15, -0.1) is 0 Å². The lowest BCUT2D eigenvalue weighted by Crippen LogP contribution is -2.66. The highest BCUT2D eigenvalue weighted by molar-refractivity contribution is 7.80. The molecular weight excluding hydrogens is 914 g/mol. The zero-order valence-corrected chi connectivity index (χ0v) is 39.1. The average Bonchev–Trinajstić information content (AvgIpc) is 3.25. The molecule has 2 aliphatic rings. The van der Waals surface area contributed by atoms with Crippen LogP contribution in [0, 0.1) is 11.8 Å². The van der Waals surface area contributed by atoms with Gasteiger partial charge >= 0.3 is 16.4 Å². The number of rotatable bonds is 15. The van der Waals surface area contributed by atoms with E-state index < -0.39 is 125 Å². The number of hydrogen-bond donors (Lipinski definition) is 10. The maximum Gasteiger partial charge on any atom is 0.397 e. The quantitative estimate of drug-likeness (QED) is 0.0297. The van der Waals surface area contributed by atoms with Crippen LogP contribution in [0.25, 0.3) is 0 Å². The molecule has 0 spiro atoms. The number of halogens is 1. The molecule has 2 aliphatic heterocycles. The van der Waals surface area contributed by atoms with Crippen LogP contribution >= 0.6 is 11.6 Å². The first-order valence-corrected chi connectivity index (χ1v) is 23.1. The number of aliphatic hydroxyl groups excluding tert-OH is 2. The van der Waals surface area contributed by atoms with Gasteiger partial charge in [0, 0.05) is 20.0 Å². The molecule has 6 amide bonds. The molecule has 5 unspecified atom stereocenters. The third-order valence-corrected chi connectivity index (χ3v) is 12.3. The Labute approximate surface area is 387 Å². The fourth-order valence-corrected chi connectivity index (χ4v) is 7.81. The van der Waals surface area contributed by atoms with Crippen molar-refractivity contribution in [1.82, 2.24) is 31.1 Å². The maximum absolute atomic E-state index is 14.8. The number of amides is 6. The lowest BCUT2D eigenvalue weighted by molar-refractivity contribution is -0.168. The molecule has 24 nitrogen and oxygen atoms in total. The lowest BCUT2D eigenvalue weighted by atomic mass is 9.91. The third-order valence-electron chi connectivity index (χ3n) is 11.6. The molecule has 0 radical (unpaired) electrons. The number of piperidine rings is 1. The second kappa shape index (κ2) is 24.4. The summed E-state index contributed by atoms with van der Waals surface area (Å²) in [6, 6.07) is -5.13. The highest BCUT2D eigenvalue weighted by atomic mass is 35.5. The number of phenols is 1. The fourth-order valence-electron chi connectivity index (χ4n) is 7.31. The molecule has 370 valence electrons. The molecular formula is C40H62ClN9O15S. The molecule has 2 bridgehead atoms. The summed E-state index contributed by atoms with van der Waals surface area (Å²) in [6.07, 6.45) is -5.62.